The van der Waals surface area contributed by atoms with Gasteiger partial charge in [-0.3, -0.25) is 4.98 Å². The summed E-state index contributed by atoms with van der Waals surface area (Å²) in [5.41, 5.74) is 1.98. The van der Waals surface area contributed by atoms with Gasteiger partial charge in [0, 0.05) is 35.4 Å². The molecule has 1 fully saturated rings. The van der Waals surface area contributed by atoms with Gasteiger partial charge in [0.15, 0.2) is 0 Å². The summed E-state index contributed by atoms with van der Waals surface area (Å²) in [6, 6.07) is 6.39. The van der Waals surface area contributed by atoms with Gasteiger partial charge in [0.05, 0.1) is 23.2 Å². The number of nitrogens with zero attached hydrogens (tertiary/aromatic N) is 2. The highest BCUT2D eigenvalue weighted by molar-refractivity contribution is 9.10. The zero-order valence-corrected chi connectivity index (χ0v) is 12.9. The Morgan fingerprint density at radius 2 is 2.32 bits per heavy atom. The molecule has 0 radical (unpaired) electrons. The molecule has 5 heteroatoms. The number of aromatic nitrogens is 1. The van der Waals surface area contributed by atoms with Gasteiger partial charge in [-0.1, -0.05) is 27.5 Å². The van der Waals surface area contributed by atoms with E-state index in [0.29, 0.717) is 11.1 Å². The lowest BCUT2D eigenvalue weighted by Crippen LogP contribution is -2.31. The van der Waals surface area contributed by atoms with Gasteiger partial charge in [0.2, 0.25) is 0 Å². The Morgan fingerprint density at radius 1 is 1.47 bits per heavy atom. The molecule has 3 rings (SSSR count). The summed E-state index contributed by atoms with van der Waals surface area (Å²) in [5, 5.41) is 1.73. The number of anilines is 1. The van der Waals surface area contributed by atoms with Crippen LogP contribution in [0.1, 0.15) is 6.42 Å². The van der Waals surface area contributed by atoms with Crippen molar-refractivity contribution >= 4 is 44.1 Å². The van der Waals surface area contributed by atoms with Crippen molar-refractivity contribution in [3.8, 4) is 0 Å². The number of fused-ring (bicyclic) bond motifs is 1. The van der Waals surface area contributed by atoms with Gasteiger partial charge >= 0.3 is 0 Å². The molecule has 0 saturated carbocycles. The molecule has 0 N–H and O–H groups in total. The summed E-state index contributed by atoms with van der Waals surface area (Å²) in [6.07, 6.45) is 2.87. The molecule has 19 heavy (non-hydrogen) atoms. The summed E-state index contributed by atoms with van der Waals surface area (Å²) in [5.74, 6) is 0. The Bertz CT molecular complexity index is 614. The average Bonchev–Trinajstić information content (AvgIpc) is 2.91. The highest BCUT2D eigenvalue weighted by Gasteiger charge is 2.22. The Hall–Kier alpha value is -0.840. The molecule has 1 atom stereocenters. The lowest BCUT2D eigenvalue weighted by molar-refractivity contribution is 0.193. The zero-order chi connectivity index (χ0) is 13.4. The van der Waals surface area contributed by atoms with Crippen molar-refractivity contribution in [2.45, 2.75) is 12.5 Å². The summed E-state index contributed by atoms with van der Waals surface area (Å²) >= 11 is 9.76. The predicted molar refractivity (Wildman–Crippen MR) is 82.1 cm³/mol. The number of likely N-dealkylation sites (N-methyl/N-ethyl adjacent to an activating group) is 1. The van der Waals surface area contributed by atoms with Crippen LogP contribution >= 0.6 is 27.5 Å². The van der Waals surface area contributed by atoms with Crippen molar-refractivity contribution in [1.29, 1.82) is 0 Å². The summed E-state index contributed by atoms with van der Waals surface area (Å²) in [7, 11) is 2.10. The van der Waals surface area contributed by atoms with E-state index in [0.717, 1.165) is 40.7 Å². The molecular formula is C14H14BrClN2O. The van der Waals surface area contributed by atoms with Crippen LogP contribution in [0.15, 0.2) is 28.9 Å². The minimum absolute atomic E-state index is 0.420. The van der Waals surface area contributed by atoms with Crippen molar-refractivity contribution in [1.82, 2.24) is 4.98 Å². The normalized spacial score (nSPS) is 19.0. The average molecular weight is 342 g/mol. The lowest BCUT2D eigenvalue weighted by atomic mass is 10.1. The Morgan fingerprint density at radius 3 is 3.05 bits per heavy atom. The van der Waals surface area contributed by atoms with Crippen molar-refractivity contribution in [3.63, 3.8) is 0 Å². The molecule has 1 unspecified atom stereocenters. The standard InChI is InChI=1S/C14H14BrClN2O/c1-18(10-3-5-19-8-10)13-2-4-17-14-11(13)6-9(15)7-12(14)16/h2,4,6-7,10H,3,5,8H2,1H3. The molecule has 100 valence electrons. The first-order valence-electron chi connectivity index (χ1n) is 6.21. The second-order valence-electron chi connectivity index (χ2n) is 4.74. The lowest BCUT2D eigenvalue weighted by Gasteiger charge is -2.26. The van der Waals surface area contributed by atoms with Crippen molar-refractivity contribution < 1.29 is 4.74 Å². The molecule has 2 heterocycles. The maximum atomic E-state index is 6.26. The van der Waals surface area contributed by atoms with Crippen LogP contribution in [0.2, 0.25) is 5.02 Å². The first kappa shape index (κ1) is 13.2. The van der Waals surface area contributed by atoms with Crippen LogP contribution in [-0.4, -0.2) is 31.3 Å². The predicted octanol–water partition coefficient (Wildman–Crippen LogP) is 3.88. The van der Waals surface area contributed by atoms with E-state index in [1.165, 1.54) is 0 Å². The molecule has 2 aromatic rings. The number of pyridine rings is 1. The Labute approximate surface area is 125 Å². The van der Waals surface area contributed by atoms with Crippen molar-refractivity contribution in [2.24, 2.45) is 0 Å². The van der Waals surface area contributed by atoms with E-state index < -0.39 is 0 Å². The topological polar surface area (TPSA) is 25.4 Å². The van der Waals surface area contributed by atoms with E-state index in [9.17, 15) is 0 Å². The number of ether oxygens (including phenoxy) is 1. The fraction of sp³-hybridized carbons (Fsp3) is 0.357. The van der Waals surface area contributed by atoms with Crippen molar-refractivity contribution in [2.75, 3.05) is 25.2 Å². The molecule has 3 nitrogen and oxygen atoms in total. The smallest absolute Gasteiger partial charge is 0.0909 e. The van der Waals surface area contributed by atoms with Crippen LogP contribution in [0.5, 0.6) is 0 Å². The van der Waals surface area contributed by atoms with Crippen LogP contribution < -0.4 is 4.90 Å². The maximum Gasteiger partial charge on any atom is 0.0909 e. The van der Waals surface area contributed by atoms with Gasteiger partial charge in [-0.15, -0.1) is 0 Å². The first-order valence-corrected chi connectivity index (χ1v) is 7.38. The minimum atomic E-state index is 0.420. The largest absolute Gasteiger partial charge is 0.379 e. The molecule has 1 aromatic heterocycles. The minimum Gasteiger partial charge on any atom is -0.379 e. The van der Waals surface area contributed by atoms with Gasteiger partial charge < -0.3 is 9.64 Å². The van der Waals surface area contributed by atoms with Gasteiger partial charge in [-0.05, 0) is 24.6 Å². The summed E-state index contributed by atoms with van der Waals surface area (Å²) in [4.78, 5) is 6.64. The van der Waals surface area contributed by atoms with Gasteiger partial charge in [0.25, 0.3) is 0 Å². The first-order chi connectivity index (χ1) is 9.16. The molecular weight excluding hydrogens is 328 g/mol. The highest BCUT2D eigenvalue weighted by Crippen LogP contribution is 2.33. The second-order valence-corrected chi connectivity index (χ2v) is 6.07. The third-order valence-electron chi connectivity index (χ3n) is 3.57. The molecule has 1 saturated heterocycles. The summed E-state index contributed by atoms with van der Waals surface area (Å²) in [6.45, 7) is 1.62. The van der Waals surface area contributed by atoms with Gasteiger partial charge in [-0.2, -0.15) is 0 Å². The number of hydrogen-bond donors (Lipinski definition) is 0. The van der Waals surface area contributed by atoms with Crippen molar-refractivity contribution in [3.05, 3.63) is 33.9 Å². The molecule has 0 amide bonds. The molecule has 0 spiro atoms. The number of rotatable bonds is 2. The molecule has 0 bridgehead atoms. The fourth-order valence-electron chi connectivity index (χ4n) is 2.50. The highest BCUT2D eigenvalue weighted by atomic mass is 79.9. The molecule has 1 aliphatic heterocycles. The fourth-order valence-corrected chi connectivity index (χ4v) is 3.35. The van der Waals surface area contributed by atoms with E-state index in [4.69, 9.17) is 16.3 Å². The molecule has 0 aliphatic carbocycles. The number of benzene rings is 1. The quantitative estimate of drug-likeness (QED) is 0.829. The van der Waals surface area contributed by atoms with Crippen LogP contribution in [0.25, 0.3) is 10.9 Å². The van der Waals surface area contributed by atoms with Gasteiger partial charge in [-0.25, -0.2) is 0 Å². The third-order valence-corrected chi connectivity index (χ3v) is 4.32. The van der Waals surface area contributed by atoms with E-state index in [1.807, 2.05) is 18.3 Å². The maximum absolute atomic E-state index is 6.26. The number of hydrogen-bond acceptors (Lipinski definition) is 3. The monoisotopic (exact) mass is 340 g/mol. The number of halogens is 2. The van der Waals surface area contributed by atoms with E-state index in [1.54, 1.807) is 0 Å². The van der Waals surface area contributed by atoms with Gasteiger partial charge in [0.1, 0.15) is 0 Å². The van der Waals surface area contributed by atoms with Crippen LogP contribution in [-0.2, 0) is 4.74 Å². The van der Waals surface area contributed by atoms with E-state index in [2.05, 4.69) is 38.9 Å². The van der Waals surface area contributed by atoms with Crippen LogP contribution in [0, 0.1) is 0 Å². The molecule has 1 aromatic carbocycles. The zero-order valence-electron chi connectivity index (χ0n) is 10.6. The third kappa shape index (κ3) is 2.45. The van der Waals surface area contributed by atoms with Crippen LogP contribution in [0.3, 0.4) is 0 Å². The molecule has 1 aliphatic rings. The summed E-state index contributed by atoms with van der Waals surface area (Å²) < 4.78 is 6.43. The SMILES string of the molecule is CN(c1ccnc2c(Cl)cc(Br)cc12)C1CCOC1. The Balaban J connectivity index is 2.12. The second kappa shape index (κ2) is 5.27. The Kier molecular flexibility index (Phi) is 3.65. The van der Waals surface area contributed by atoms with E-state index >= 15 is 0 Å². The van der Waals surface area contributed by atoms with E-state index in [-0.39, 0.29) is 0 Å². The van der Waals surface area contributed by atoms with Crippen LogP contribution in [0.4, 0.5) is 5.69 Å².